The van der Waals surface area contributed by atoms with Gasteiger partial charge in [0.2, 0.25) is 0 Å². The predicted molar refractivity (Wildman–Crippen MR) is 200 cm³/mol. The molecule has 0 unspecified atom stereocenters. The standard InChI is InChI=1S/C44H29NS/c1-2-9-30(10-3-1)34-13-8-14-39(26-34)45(40-24-21-31-11-4-5-12-33(31)27-40)38-22-19-32(20-23-38)35-17-18-36-29-44-42(28-37(36)25-35)41-15-6-7-16-43(41)46-44/h1-29H. The quantitative estimate of drug-likeness (QED) is 0.189. The Morgan fingerprint density at radius 3 is 1.83 bits per heavy atom. The lowest BCUT2D eigenvalue weighted by atomic mass is 9.99. The summed E-state index contributed by atoms with van der Waals surface area (Å²) in [5.41, 5.74) is 8.22. The van der Waals surface area contributed by atoms with Gasteiger partial charge in [0.05, 0.1) is 0 Å². The largest absolute Gasteiger partial charge is 0.310 e. The Kier molecular flexibility index (Phi) is 6.40. The number of nitrogens with zero attached hydrogens (tertiary/aromatic N) is 1. The first-order valence-corrected chi connectivity index (χ1v) is 16.5. The van der Waals surface area contributed by atoms with Gasteiger partial charge < -0.3 is 4.90 Å². The van der Waals surface area contributed by atoms with Crippen LogP contribution in [0.15, 0.2) is 176 Å². The van der Waals surface area contributed by atoms with Crippen LogP contribution in [-0.2, 0) is 0 Å². The fourth-order valence-corrected chi connectivity index (χ4v) is 7.81. The van der Waals surface area contributed by atoms with Crippen molar-refractivity contribution < 1.29 is 0 Å². The van der Waals surface area contributed by atoms with E-state index >= 15 is 0 Å². The van der Waals surface area contributed by atoms with Gasteiger partial charge >= 0.3 is 0 Å². The van der Waals surface area contributed by atoms with Crippen molar-refractivity contribution in [2.75, 3.05) is 4.90 Å². The first kappa shape index (κ1) is 26.7. The van der Waals surface area contributed by atoms with Gasteiger partial charge in [0.25, 0.3) is 0 Å². The second-order valence-electron chi connectivity index (χ2n) is 11.8. The van der Waals surface area contributed by atoms with Crippen LogP contribution in [0.25, 0.3) is 64.0 Å². The molecule has 0 radical (unpaired) electrons. The fourth-order valence-electron chi connectivity index (χ4n) is 6.67. The molecule has 0 amide bonds. The van der Waals surface area contributed by atoms with Crippen molar-refractivity contribution in [2.45, 2.75) is 0 Å². The Hall–Kier alpha value is -5.70. The van der Waals surface area contributed by atoms with Crippen molar-refractivity contribution in [1.29, 1.82) is 0 Å². The highest BCUT2D eigenvalue weighted by molar-refractivity contribution is 7.25. The molecule has 0 atom stereocenters. The second kappa shape index (κ2) is 11.0. The first-order chi connectivity index (χ1) is 22.8. The molecule has 0 aliphatic rings. The van der Waals surface area contributed by atoms with Gasteiger partial charge in [-0.25, -0.2) is 0 Å². The molecule has 0 saturated heterocycles. The molecule has 216 valence electrons. The van der Waals surface area contributed by atoms with E-state index in [9.17, 15) is 0 Å². The van der Waals surface area contributed by atoms with Crippen LogP contribution in [0.4, 0.5) is 17.1 Å². The van der Waals surface area contributed by atoms with Crippen LogP contribution in [0.3, 0.4) is 0 Å². The number of anilines is 3. The molecule has 2 heteroatoms. The molecule has 0 aliphatic carbocycles. The molecule has 0 bridgehead atoms. The summed E-state index contributed by atoms with van der Waals surface area (Å²) in [6.45, 7) is 0. The van der Waals surface area contributed by atoms with E-state index in [1.807, 2.05) is 11.3 Å². The lowest BCUT2D eigenvalue weighted by molar-refractivity contribution is 1.29. The summed E-state index contributed by atoms with van der Waals surface area (Å²) in [6, 6.07) is 64.0. The second-order valence-corrected chi connectivity index (χ2v) is 12.9. The summed E-state index contributed by atoms with van der Waals surface area (Å²) in [6.07, 6.45) is 0. The lowest BCUT2D eigenvalue weighted by Crippen LogP contribution is -2.10. The molecule has 9 aromatic rings. The zero-order valence-electron chi connectivity index (χ0n) is 25.1. The SMILES string of the molecule is c1ccc(-c2cccc(N(c3ccc(-c4ccc5cc6sc7ccccc7c6cc5c4)cc3)c3ccc4ccccc4c3)c2)cc1. The van der Waals surface area contributed by atoms with Crippen molar-refractivity contribution in [3.63, 3.8) is 0 Å². The molecule has 46 heavy (non-hydrogen) atoms. The third-order valence-electron chi connectivity index (χ3n) is 9.00. The maximum absolute atomic E-state index is 2.36. The van der Waals surface area contributed by atoms with Gasteiger partial charge in [-0.2, -0.15) is 0 Å². The van der Waals surface area contributed by atoms with Gasteiger partial charge in [0.15, 0.2) is 0 Å². The van der Waals surface area contributed by atoms with Gasteiger partial charge in [-0.3, -0.25) is 0 Å². The fraction of sp³-hybridized carbons (Fsp3) is 0. The topological polar surface area (TPSA) is 3.24 Å². The van der Waals surface area contributed by atoms with Crippen LogP contribution in [0.1, 0.15) is 0 Å². The Bertz CT molecular complexity index is 2530. The van der Waals surface area contributed by atoms with E-state index in [-0.39, 0.29) is 0 Å². The first-order valence-electron chi connectivity index (χ1n) is 15.7. The molecule has 0 fully saturated rings. The average molecular weight is 604 g/mol. The number of rotatable bonds is 5. The third-order valence-corrected chi connectivity index (χ3v) is 10.1. The van der Waals surface area contributed by atoms with E-state index in [0.29, 0.717) is 0 Å². The van der Waals surface area contributed by atoms with Crippen molar-refractivity contribution in [3.8, 4) is 22.3 Å². The van der Waals surface area contributed by atoms with Gasteiger partial charge in [0.1, 0.15) is 0 Å². The molecule has 0 spiro atoms. The van der Waals surface area contributed by atoms with Gasteiger partial charge in [-0.15, -0.1) is 11.3 Å². The molecule has 0 saturated carbocycles. The van der Waals surface area contributed by atoms with Crippen LogP contribution in [0.2, 0.25) is 0 Å². The number of hydrogen-bond donors (Lipinski definition) is 0. The normalized spacial score (nSPS) is 11.5. The van der Waals surface area contributed by atoms with Crippen LogP contribution < -0.4 is 4.90 Å². The summed E-state index contributed by atoms with van der Waals surface area (Å²) in [4.78, 5) is 2.36. The summed E-state index contributed by atoms with van der Waals surface area (Å²) < 4.78 is 2.69. The van der Waals surface area contributed by atoms with E-state index < -0.39 is 0 Å². The molecule has 1 nitrogen and oxygen atoms in total. The number of hydrogen-bond acceptors (Lipinski definition) is 2. The highest BCUT2D eigenvalue weighted by Gasteiger charge is 2.15. The van der Waals surface area contributed by atoms with Crippen molar-refractivity contribution in [2.24, 2.45) is 0 Å². The Balaban J connectivity index is 1.13. The molecular formula is C44H29NS. The van der Waals surface area contributed by atoms with E-state index in [0.717, 1.165) is 17.1 Å². The molecule has 8 aromatic carbocycles. The van der Waals surface area contributed by atoms with E-state index in [1.54, 1.807) is 0 Å². The predicted octanol–water partition coefficient (Wildman–Crippen LogP) is 13.2. The number of thiophene rings is 1. The molecule has 0 aliphatic heterocycles. The van der Waals surface area contributed by atoms with Crippen molar-refractivity contribution in [1.82, 2.24) is 0 Å². The minimum Gasteiger partial charge on any atom is -0.310 e. The monoisotopic (exact) mass is 603 g/mol. The lowest BCUT2D eigenvalue weighted by Gasteiger charge is -2.26. The Morgan fingerprint density at radius 1 is 0.304 bits per heavy atom. The van der Waals surface area contributed by atoms with Crippen LogP contribution in [0.5, 0.6) is 0 Å². The molecular weight excluding hydrogens is 575 g/mol. The maximum Gasteiger partial charge on any atom is 0.0468 e. The summed E-state index contributed by atoms with van der Waals surface area (Å²) in [5, 5.41) is 7.69. The average Bonchev–Trinajstić information content (AvgIpc) is 3.48. The van der Waals surface area contributed by atoms with Gasteiger partial charge in [-0.05, 0) is 104 Å². The third kappa shape index (κ3) is 4.72. The highest BCUT2D eigenvalue weighted by atomic mass is 32.1. The maximum atomic E-state index is 2.36. The molecule has 1 aromatic heterocycles. The van der Waals surface area contributed by atoms with Crippen LogP contribution in [0, 0.1) is 0 Å². The summed E-state index contributed by atoms with van der Waals surface area (Å²) >= 11 is 1.87. The molecule has 1 heterocycles. The minimum atomic E-state index is 1.12. The number of benzene rings is 8. The number of fused-ring (bicyclic) bond motifs is 5. The zero-order valence-corrected chi connectivity index (χ0v) is 25.9. The Labute approximate surface area is 272 Å². The zero-order chi connectivity index (χ0) is 30.5. The van der Waals surface area contributed by atoms with Crippen LogP contribution >= 0.6 is 11.3 Å². The van der Waals surface area contributed by atoms with E-state index in [1.165, 1.54) is 64.0 Å². The van der Waals surface area contributed by atoms with Crippen molar-refractivity contribution >= 4 is 70.1 Å². The van der Waals surface area contributed by atoms with Gasteiger partial charge in [0, 0.05) is 37.2 Å². The van der Waals surface area contributed by atoms with Crippen molar-refractivity contribution in [3.05, 3.63) is 176 Å². The van der Waals surface area contributed by atoms with Crippen LogP contribution in [-0.4, -0.2) is 0 Å². The molecule has 9 rings (SSSR count). The van der Waals surface area contributed by atoms with Gasteiger partial charge in [-0.1, -0.05) is 115 Å². The highest BCUT2D eigenvalue weighted by Crippen LogP contribution is 2.40. The minimum absolute atomic E-state index is 1.12. The summed E-state index contributed by atoms with van der Waals surface area (Å²) in [5.74, 6) is 0. The Morgan fingerprint density at radius 2 is 0.935 bits per heavy atom. The van der Waals surface area contributed by atoms with E-state index in [4.69, 9.17) is 0 Å². The smallest absolute Gasteiger partial charge is 0.0468 e. The summed E-state index contributed by atoms with van der Waals surface area (Å²) in [7, 11) is 0. The van der Waals surface area contributed by atoms with E-state index in [2.05, 4.69) is 181 Å². The molecule has 0 N–H and O–H groups in total.